The number of hydrogen-bond donors (Lipinski definition) is 1. The van der Waals surface area contributed by atoms with Crippen LogP contribution in [0.4, 0.5) is 5.69 Å². The Morgan fingerprint density at radius 3 is 2.79 bits per heavy atom. The first-order valence-corrected chi connectivity index (χ1v) is 6.45. The molecule has 3 nitrogen and oxygen atoms in total. The molecular weight excluding hydrogens is 238 g/mol. The lowest BCUT2D eigenvalue weighted by Gasteiger charge is -2.17. The van der Waals surface area contributed by atoms with Crippen molar-refractivity contribution in [2.24, 2.45) is 0 Å². The molecule has 0 unspecified atom stereocenters. The molecule has 1 heterocycles. The minimum Gasteiger partial charge on any atom is -0.493 e. The Kier molecular flexibility index (Phi) is 3.19. The summed E-state index contributed by atoms with van der Waals surface area (Å²) in [6, 6.07) is 15.1. The maximum absolute atomic E-state index is 12.1. The van der Waals surface area contributed by atoms with Crippen LogP contribution in [0.15, 0.2) is 48.5 Å². The van der Waals surface area contributed by atoms with Gasteiger partial charge in [0.15, 0.2) is 0 Å². The summed E-state index contributed by atoms with van der Waals surface area (Å²) >= 11 is 0. The van der Waals surface area contributed by atoms with Crippen molar-refractivity contribution in [2.75, 3.05) is 11.9 Å². The highest BCUT2D eigenvalue weighted by atomic mass is 16.5. The fourth-order valence-electron chi connectivity index (χ4n) is 2.23. The molecule has 2 aromatic rings. The molecule has 0 saturated carbocycles. The largest absolute Gasteiger partial charge is 0.493 e. The summed E-state index contributed by atoms with van der Waals surface area (Å²) in [5.74, 6) is 0.821. The van der Waals surface area contributed by atoms with E-state index in [-0.39, 0.29) is 5.91 Å². The van der Waals surface area contributed by atoms with Gasteiger partial charge in [0.1, 0.15) is 5.75 Å². The number of amides is 1. The molecule has 0 radical (unpaired) electrons. The number of ether oxygens (including phenoxy) is 1. The number of carbonyl (C=O) groups excluding carboxylic acids is 1. The van der Waals surface area contributed by atoms with E-state index in [9.17, 15) is 4.79 Å². The summed E-state index contributed by atoms with van der Waals surface area (Å²) in [6.07, 6.45) is 1.98. The van der Waals surface area contributed by atoms with Crippen molar-refractivity contribution in [3.8, 4) is 5.75 Å². The van der Waals surface area contributed by atoms with E-state index in [0.29, 0.717) is 5.56 Å². The smallest absolute Gasteiger partial charge is 0.255 e. The number of hydrogen-bond acceptors (Lipinski definition) is 2. The Morgan fingerprint density at radius 1 is 1.11 bits per heavy atom. The van der Waals surface area contributed by atoms with Crippen LogP contribution in [0.1, 0.15) is 22.3 Å². The molecule has 0 aliphatic carbocycles. The molecule has 0 aromatic heterocycles. The molecule has 1 amide bonds. The van der Waals surface area contributed by atoms with Crippen molar-refractivity contribution in [1.82, 2.24) is 0 Å². The average molecular weight is 253 g/mol. The van der Waals surface area contributed by atoms with Gasteiger partial charge in [-0.05, 0) is 48.7 Å². The zero-order chi connectivity index (χ0) is 13.1. The SMILES string of the molecule is O=C(Nc1ccccc1)c1ccc2c(c1)CCCO2. The van der Waals surface area contributed by atoms with Crippen molar-refractivity contribution in [3.63, 3.8) is 0 Å². The van der Waals surface area contributed by atoms with E-state index >= 15 is 0 Å². The maximum Gasteiger partial charge on any atom is 0.255 e. The van der Waals surface area contributed by atoms with Gasteiger partial charge in [0.25, 0.3) is 5.91 Å². The number of nitrogens with one attached hydrogen (secondary N) is 1. The minimum absolute atomic E-state index is 0.0837. The highest BCUT2D eigenvalue weighted by molar-refractivity contribution is 6.04. The maximum atomic E-state index is 12.1. The third-order valence-electron chi connectivity index (χ3n) is 3.20. The number of anilines is 1. The van der Waals surface area contributed by atoms with Crippen molar-refractivity contribution >= 4 is 11.6 Å². The van der Waals surface area contributed by atoms with Gasteiger partial charge in [0.05, 0.1) is 6.61 Å². The van der Waals surface area contributed by atoms with Gasteiger partial charge >= 0.3 is 0 Å². The predicted molar refractivity (Wildman–Crippen MR) is 74.7 cm³/mol. The lowest BCUT2D eigenvalue weighted by atomic mass is 10.0. The van der Waals surface area contributed by atoms with Crippen LogP contribution in [-0.2, 0) is 6.42 Å². The van der Waals surface area contributed by atoms with E-state index in [1.54, 1.807) is 0 Å². The van der Waals surface area contributed by atoms with Crippen molar-refractivity contribution < 1.29 is 9.53 Å². The molecule has 19 heavy (non-hydrogen) atoms. The van der Waals surface area contributed by atoms with E-state index in [2.05, 4.69) is 5.32 Å². The van der Waals surface area contributed by atoms with Crippen molar-refractivity contribution in [1.29, 1.82) is 0 Å². The summed E-state index contributed by atoms with van der Waals surface area (Å²) in [6.45, 7) is 0.766. The molecule has 1 aliphatic rings. The van der Waals surface area contributed by atoms with Crippen LogP contribution >= 0.6 is 0 Å². The number of fused-ring (bicyclic) bond motifs is 1. The number of benzene rings is 2. The molecule has 0 fully saturated rings. The number of carbonyl (C=O) groups is 1. The van der Waals surface area contributed by atoms with E-state index < -0.39 is 0 Å². The Balaban J connectivity index is 1.80. The molecule has 0 bridgehead atoms. The zero-order valence-corrected chi connectivity index (χ0v) is 10.6. The van der Waals surface area contributed by atoms with Gasteiger partial charge in [-0.25, -0.2) is 0 Å². The van der Waals surface area contributed by atoms with Gasteiger partial charge in [0, 0.05) is 11.3 Å². The molecule has 1 aliphatic heterocycles. The average Bonchev–Trinajstić information content (AvgIpc) is 2.48. The molecule has 0 spiro atoms. The monoisotopic (exact) mass is 253 g/mol. The molecule has 0 atom stereocenters. The van der Waals surface area contributed by atoms with Crippen LogP contribution in [0.3, 0.4) is 0 Å². The lowest BCUT2D eigenvalue weighted by molar-refractivity contribution is 0.102. The van der Waals surface area contributed by atoms with Gasteiger partial charge in [-0.3, -0.25) is 4.79 Å². The standard InChI is InChI=1S/C16H15NO2/c18-16(17-14-6-2-1-3-7-14)13-8-9-15-12(11-13)5-4-10-19-15/h1-3,6-9,11H,4-5,10H2,(H,17,18). The first-order valence-electron chi connectivity index (χ1n) is 6.45. The van der Waals surface area contributed by atoms with Crippen LogP contribution in [0, 0.1) is 0 Å². The van der Waals surface area contributed by atoms with Crippen LogP contribution < -0.4 is 10.1 Å². The molecule has 1 N–H and O–H groups in total. The summed E-state index contributed by atoms with van der Waals surface area (Å²) in [5.41, 5.74) is 2.60. The molecular formula is C16H15NO2. The zero-order valence-electron chi connectivity index (χ0n) is 10.6. The lowest BCUT2D eigenvalue weighted by Crippen LogP contribution is -2.14. The highest BCUT2D eigenvalue weighted by Gasteiger charge is 2.13. The third kappa shape index (κ3) is 2.60. The number of aryl methyl sites for hydroxylation is 1. The van der Waals surface area contributed by atoms with Crippen molar-refractivity contribution in [3.05, 3.63) is 59.7 Å². The first kappa shape index (κ1) is 11.8. The Bertz CT molecular complexity index is 593. The van der Waals surface area contributed by atoms with Crippen LogP contribution in [0.2, 0.25) is 0 Å². The normalized spacial score (nSPS) is 13.3. The Labute approximate surface area is 112 Å². The van der Waals surface area contributed by atoms with Gasteiger partial charge in [-0.1, -0.05) is 18.2 Å². The van der Waals surface area contributed by atoms with E-state index in [0.717, 1.165) is 36.4 Å². The summed E-state index contributed by atoms with van der Waals surface area (Å²) < 4.78 is 5.54. The molecule has 3 heteroatoms. The second-order valence-corrected chi connectivity index (χ2v) is 4.59. The van der Waals surface area contributed by atoms with E-state index in [1.165, 1.54) is 0 Å². The molecule has 2 aromatic carbocycles. The topological polar surface area (TPSA) is 38.3 Å². The second-order valence-electron chi connectivity index (χ2n) is 4.59. The van der Waals surface area contributed by atoms with E-state index in [4.69, 9.17) is 4.74 Å². The first-order chi connectivity index (χ1) is 9.33. The fourth-order valence-corrected chi connectivity index (χ4v) is 2.23. The summed E-state index contributed by atoms with van der Waals surface area (Å²) in [4.78, 5) is 12.1. The molecule has 0 saturated heterocycles. The summed E-state index contributed by atoms with van der Waals surface area (Å²) in [7, 11) is 0. The van der Waals surface area contributed by atoms with Gasteiger partial charge < -0.3 is 10.1 Å². The molecule has 3 rings (SSSR count). The summed E-state index contributed by atoms with van der Waals surface area (Å²) in [5, 5.41) is 2.89. The van der Waals surface area contributed by atoms with Crippen LogP contribution in [0.25, 0.3) is 0 Å². The van der Waals surface area contributed by atoms with E-state index in [1.807, 2.05) is 48.5 Å². The van der Waals surface area contributed by atoms with Crippen molar-refractivity contribution in [2.45, 2.75) is 12.8 Å². The Morgan fingerprint density at radius 2 is 1.95 bits per heavy atom. The Hall–Kier alpha value is -2.29. The van der Waals surface area contributed by atoms with Crippen LogP contribution in [0.5, 0.6) is 5.75 Å². The second kappa shape index (κ2) is 5.14. The molecule has 96 valence electrons. The number of rotatable bonds is 2. The highest BCUT2D eigenvalue weighted by Crippen LogP contribution is 2.25. The quantitative estimate of drug-likeness (QED) is 0.892. The fraction of sp³-hybridized carbons (Fsp3) is 0.188. The predicted octanol–water partition coefficient (Wildman–Crippen LogP) is 3.26. The third-order valence-corrected chi connectivity index (χ3v) is 3.20. The minimum atomic E-state index is -0.0837. The van der Waals surface area contributed by atoms with Gasteiger partial charge in [0.2, 0.25) is 0 Å². The van der Waals surface area contributed by atoms with Gasteiger partial charge in [-0.15, -0.1) is 0 Å². The van der Waals surface area contributed by atoms with Crippen LogP contribution in [-0.4, -0.2) is 12.5 Å². The van der Waals surface area contributed by atoms with Gasteiger partial charge in [-0.2, -0.15) is 0 Å². The number of para-hydroxylation sites is 1.